The van der Waals surface area contributed by atoms with Gasteiger partial charge in [0, 0.05) is 30.9 Å². The van der Waals surface area contributed by atoms with Crippen molar-refractivity contribution in [3.05, 3.63) is 53.6 Å². The molecule has 1 N–H and O–H groups in total. The van der Waals surface area contributed by atoms with Crippen molar-refractivity contribution in [2.75, 3.05) is 37.0 Å². The van der Waals surface area contributed by atoms with Crippen LogP contribution in [0.25, 0.3) is 0 Å². The molecule has 0 radical (unpaired) electrons. The Morgan fingerprint density at radius 2 is 1.97 bits per heavy atom. The molecule has 2 bridgehead atoms. The smallest absolute Gasteiger partial charge is 0.306 e. The Labute approximate surface area is 199 Å². The Morgan fingerprint density at radius 1 is 1.21 bits per heavy atom. The molecular formula is C26H30F2N4O2. The largest absolute Gasteiger partial charge is 0.469 e. The van der Waals surface area contributed by atoms with Crippen molar-refractivity contribution in [3.63, 3.8) is 0 Å². The summed E-state index contributed by atoms with van der Waals surface area (Å²) in [6.45, 7) is 3.22. The second kappa shape index (κ2) is 10.4. The number of rotatable bonds is 9. The zero-order valence-corrected chi connectivity index (χ0v) is 19.5. The number of halogens is 2. The van der Waals surface area contributed by atoms with Crippen LogP contribution in [-0.4, -0.2) is 56.1 Å². The number of likely N-dealkylation sites (tertiary alicyclic amines) is 1. The third-order valence-corrected chi connectivity index (χ3v) is 6.95. The number of alkyl halides is 2. The highest BCUT2D eigenvalue weighted by atomic mass is 19.3. The number of hydrogen-bond donors (Lipinski definition) is 1. The number of nitrogens with zero attached hydrogens (tertiary/aromatic N) is 3. The van der Waals surface area contributed by atoms with Gasteiger partial charge < -0.3 is 15.0 Å². The summed E-state index contributed by atoms with van der Waals surface area (Å²) in [5.41, 5.74) is 4.39. The topological polar surface area (TPSA) is 68.6 Å². The minimum Gasteiger partial charge on any atom is -0.469 e. The van der Waals surface area contributed by atoms with Gasteiger partial charge in [-0.1, -0.05) is 13.0 Å². The number of fused-ring (bicyclic) bond motifs is 2. The summed E-state index contributed by atoms with van der Waals surface area (Å²) in [5, 5.41) is 12.6. The van der Waals surface area contributed by atoms with Crippen molar-refractivity contribution >= 4 is 23.0 Å². The number of methoxy groups -OCH3 is 1. The Balaban J connectivity index is 1.63. The molecule has 2 heterocycles. The Hall–Kier alpha value is -3.18. The molecule has 2 saturated heterocycles. The fraction of sp³-hybridized carbons (Fsp3) is 0.462. The lowest BCUT2D eigenvalue weighted by molar-refractivity contribution is -0.141. The molecule has 2 aliphatic heterocycles. The minimum absolute atomic E-state index is 0.0274. The first-order valence-electron chi connectivity index (χ1n) is 11.7. The Bertz CT molecular complexity index is 1050. The maximum absolute atomic E-state index is 12.9. The molecule has 2 aromatic carbocycles. The van der Waals surface area contributed by atoms with Gasteiger partial charge in [0.15, 0.2) is 0 Å². The van der Waals surface area contributed by atoms with Crippen LogP contribution in [-0.2, 0) is 9.53 Å². The number of piperazine rings is 1. The van der Waals surface area contributed by atoms with E-state index in [0.717, 1.165) is 35.5 Å². The van der Waals surface area contributed by atoms with Crippen LogP contribution >= 0.6 is 0 Å². The zero-order chi connectivity index (χ0) is 24.2. The molecule has 0 spiro atoms. The van der Waals surface area contributed by atoms with Gasteiger partial charge in [0.1, 0.15) is 0 Å². The summed E-state index contributed by atoms with van der Waals surface area (Å²) in [6, 6.07) is 15.9. The highest BCUT2D eigenvalue weighted by Gasteiger charge is 2.44. The van der Waals surface area contributed by atoms with Crippen molar-refractivity contribution in [3.8, 4) is 6.07 Å². The second-order valence-corrected chi connectivity index (χ2v) is 9.02. The van der Waals surface area contributed by atoms with Crippen LogP contribution in [0.1, 0.15) is 43.2 Å². The highest BCUT2D eigenvalue weighted by molar-refractivity contribution is 5.78. The van der Waals surface area contributed by atoms with Crippen molar-refractivity contribution in [2.45, 2.75) is 50.6 Å². The molecule has 8 heteroatoms. The summed E-state index contributed by atoms with van der Waals surface area (Å²) in [5.74, 6) is -0.215. The summed E-state index contributed by atoms with van der Waals surface area (Å²) in [6.07, 6.45) is -0.340. The third kappa shape index (κ3) is 5.15. The molecular weight excluding hydrogens is 438 g/mol. The molecule has 0 aromatic heterocycles. The van der Waals surface area contributed by atoms with E-state index in [0.29, 0.717) is 25.1 Å². The average molecular weight is 469 g/mol. The second-order valence-electron chi connectivity index (χ2n) is 9.02. The molecule has 180 valence electrons. The van der Waals surface area contributed by atoms with E-state index in [9.17, 15) is 13.6 Å². The SMILES string of the molecule is CCC(CC(=O)OC)c1ccc(N2C[C@@H]3C[C@H]2CN3CC(F)F)c(Nc2ccc(C#N)cc2)c1. The first-order chi connectivity index (χ1) is 16.4. The number of nitrogens with one attached hydrogen (secondary N) is 1. The fourth-order valence-corrected chi connectivity index (χ4v) is 5.17. The number of esters is 1. The van der Waals surface area contributed by atoms with Crippen LogP contribution in [0.2, 0.25) is 0 Å². The van der Waals surface area contributed by atoms with Crippen molar-refractivity contribution in [1.82, 2.24) is 4.90 Å². The standard InChI is InChI=1S/C26H30F2N4O2/c1-3-18(11-26(33)34-2)19-6-9-24(23(10-19)30-20-7-4-17(13-29)5-8-20)32-15-21-12-22(32)14-31(21)16-25(27)28/h4-10,18,21-22,25,30H,3,11-12,14-16H2,1-2H3/t18?,21-,22-/m0/s1. The first kappa shape index (κ1) is 24.0. The van der Waals surface area contributed by atoms with Crippen LogP contribution in [0.15, 0.2) is 42.5 Å². The average Bonchev–Trinajstić information content (AvgIpc) is 3.43. The molecule has 0 saturated carbocycles. The van der Waals surface area contributed by atoms with E-state index in [1.807, 2.05) is 24.0 Å². The van der Waals surface area contributed by atoms with Gasteiger partial charge in [-0.25, -0.2) is 8.78 Å². The summed E-state index contributed by atoms with van der Waals surface area (Å²) in [7, 11) is 1.40. The number of ether oxygens (including phenoxy) is 1. The first-order valence-corrected chi connectivity index (χ1v) is 11.7. The van der Waals surface area contributed by atoms with Gasteiger partial charge in [0.05, 0.1) is 43.1 Å². The molecule has 2 aromatic rings. The van der Waals surface area contributed by atoms with Crippen LogP contribution in [0.5, 0.6) is 0 Å². The number of anilines is 3. The van der Waals surface area contributed by atoms with Crippen LogP contribution < -0.4 is 10.2 Å². The van der Waals surface area contributed by atoms with Crippen LogP contribution in [0, 0.1) is 11.3 Å². The van der Waals surface area contributed by atoms with Gasteiger partial charge in [-0.05, 0) is 60.7 Å². The predicted octanol–water partition coefficient (Wildman–Crippen LogP) is 4.89. The molecule has 2 fully saturated rings. The van der Waals surface area contributed by atoms with Crippen molar-refractivity contribution in [1.29, 1.82) is 5.26 Å². The third-order valence-electron chi connectivity index (χ3n) is 6.95. The Kier molecular flexibility index (Phi) is 7.32. The van der Waals surface area contributed by atoms with Gasteiger partial charge in [0.2, 0.25) is 0 Å². The van der Waals surface area contributed by atoms with E-state index in [-0.39, 0.29) is 30.5 Å². The van der Waals surface area contributed by atoms with Gasteiger partial charge >= 0.3 is 5.97 Å². The van der Waals surface area contributed by atoms with Crippen LogP contribution in [0.4, 0.5) is 25.8 Å². The highest BCUT2D eigenvalue weighted by Crippen LogP contribution is 2.41. The summed E-state index contributed by atoms with van der Waals surface area (Å²) >= 11 is 0. The molecule has 3 atom stereocenters. The number of carbonyl (C=O) groups is 1. The fourth-order valence-electron chi connectivity index (χ4n) is 5.17. The maximum atomic E-state index is 12.9. The normalized spacial score (nSPS) is 20.4. The predicted molar refractivity (Wildman–Crippen MR) is 128 cm³/mol. The number of carbonyl (C=O) groups excluding carboxylic acids is 1. The molecule has 1 unspecified atom stereocenters. The lowest BCUT2D eigenvalue weighted by Crippen LogP contribution is -2.48. The van der Waals surface area contributed by atoms with Crippen molar-refractivity contribution in [2.24, 2.45) is 0 Å². The maximum Gasteiger partial charge on any atom is 0.306 e. The van der Waals surface area contributed by atoms with Gasteiger partial charge in [-0.3, -0.25) is 9.69 Å². The number of benzene rings is 2. The zero-order valence-electron chi connectivity index (χ0n) is 19.5. The lowest BCUT2D eigenvalue weighted by atomic mass is 9.92. The van der Waals surface area contributed by atoms with E-state index in [2.05, 4.69) is 34.5 Å². The quantitative estimate of drug-likeness (QED) is 0.529. The monoisotopic (exact) mass is 468 g/mol. The van der Waals surface area contributed by atoms with E-state index in [1.165, 1.54) is 7.11 Å². The van der Waals surface area contributed by atoms with Gasteiger partial charge in [-0.2, -0.15) is 5.26 Å². The van der Waals surface area contributed by atoms with Crippen LogP contribution in [0.3, 0.4) is 0 Å². The summed E-state index contributed by atoms with van der Waals surface area (Å²) < 4.78 is 30.8. The van der Waals surface area contributed by atoms with Crippen molar-refractivity contribution < 1.29 is 18.3 Å². The molecule has 6 nitrogen and oxygen atoms in total. The van der Waals surface area contributed by atoms with Gasteiger partial charge in [0.25, 0.3) is 6.43 Å². The number of hydrogen-bond acceptors (Lipinski definition) is 6. The van der Waals surface area contributed by atoms with E-state index in [1.54, 1.807) is 12.1 Å². The van der Waals surface area contributed by atoms with E-state index in [4.69, 9.17) is 10.00 Å². The molecule has 34 heavy (non-hydrogen) atoms. The summed E-state index contributed by atoms with van der Waals surface area (Å²) in [4.78, 5) is 16.1. The Morgan fingerprint density at radius 3 is 2.56 bits per heavy atom. The minimum atomic E-state index is -2.32. The molecule has 0 aliphatic carbocycles. The van der Waals surface area contributed by atoms with E-state index < -0.39 is 6.43 Å². The molecule has 0 amide bonds. The van der Waals surface area contributed by atoms with E-state index >= 15 is 0 Å². The van der Waals surface area contributed by atoms with Gasteiger partial charge in [-0.15, -0.1) is 0 Å². The lowest BCUT2D eigenvalue weighted by Gasteiger charge is -2.36. The molecule has 4 rings (SSSR count). The number of nitriles is 1. The molecule has 2 aliphatic rings.